The van der Waals surface area contributed by atoms with Crippen molar-refractivity contribution in [2.45, 2.75) is 31.1 Å². The first kappa shape index (κ1) is 17.2. The summed E-state index contributed by atoms with van der Waals surface area (Å²) >= 11 is 1.93. The van der Waals surface area contributed by atoms with Crippen LogP contribution in [0.1, 0.15) is 19.8 Å². The molecule has 6 heteroatoms. The molecule has 0 atom stereocenters. The lowest BCUT2D eigenvalue weighted by Gasteiger charge is -2.34. The Kier molecular flexibility index (Phi) is 7.12. The van der Waals surface area contributed by atoms with E-state index in [1.807, 2.05) is 23.9 Å². The lowest BCUT2D eigenvalue weighted by molar-refractivity contribution is 0.0794. The summed E-state index contributed by atoms with van der Waals surface area (Å²) in [6.07, 6.45) is 8.51. The van der Waals surface area contributed by atoms with Crippen molar-refractivity contribution in [2.75, 3.05) is 39.1 Å². The molecule has 2 heterocycles. The maximum Gasteiger partial charge on any atom is 0.191 e. The van der Waals surface area contributed by atoms with Gasteiger partial charge in [-0.25, -0.2) is 0 Å². The van der Waals surface area contributed by atoms with Gasteiger partial charge in [0.05, 0.1) is 6.54 Å². The van der Waals surface area contributed by atoms with E-state index in [9.17, 15) is 0 Å². The second kappa shape index (κ2) is 9.10. The lowest BCUT2D eigenvalue weighted by Crippen LogP contribution is -2.41. The monoisotopic (exact) mass is 324 g/mol. The zero-order valence-corrected chi connectivity index (χ0v) is 14.5. The molecule has 0 aromatic carbocycles. The Hall–Kier alpha value is -1.14. The van der Waals surface area contributed by atoms with E-state index >= 15 is 0 Å². The Morgan fingerprint density at radius 3 is 2.64 bits per heavy atom. The van der Waals surface area contributed by atoms with Gasteiger partial charge < -0.3 is 19.9 Å². The number of ether oxygens (including phenoxy) is 1. The summed E-state index contributed by atoms with van der Waals surface area (Å²) < 4.78 is 7.89. The Morgan fingerprint density at radius 1 is 1.27 bits per heavy atom. The first-order valence-corrected chi connectivity index (χ1v) is 9.26. The van der Waals surface area contributed by atoms with Gasteiger partial charge in [0.2, 0.25) is 0 Å². The maximum atomic E-state index is 5.49. The summed E-state index contributed by atoms with van der Waals surface area (Å²) in [6.45, 7) is 7.35. The summed E-state index contributed by atoms with van der Waals surface area (Å²) in [5.41, 5.74) is 0. The van der Waals surface area contributed by atoms with Gasteiger partial charge >= 0.3 is 0 Å². The van der Waals surface area contributed by atoms with E-state index in [-0.39, 0.29) is 4.75 Å². The predicted octanol–water partition coefficient (Wildman–Crippen LogP) is 1.96. The van der Waals surface area contributed by atoms with Gasteiger partial charge in [0, 0.05) is 50.0 Å². The van der Waals surface area contributed by atoms with E-state index in [4.69, 9.17) is 9.73 Å². The summed E-state index contributed by atoms with van der Waals surface area (Å²) in [4.78, 5) is 4.81. The van der Waals surface area contributed by atoms with Crippen LogP contribution in [-0.2, 0) is 11.3 Å². The SMILES string of the molecule is CCNC(=NCC1(SC)CCOCC1)NCCn1cccc1. The Balaban J connectivity index is 1.85. The van der Waals surface area contributed by atoms with Crippen molar-refractivity contribution in [3.63, 3.8) is 0 Å². The highest BCUT2D eigenvalue weighted by atomic mass is 32.2. The molecule has 5 nitrogen and oxygen atoms in total. The second-order valence-corrected chi connectivity index (χ2v) is 6.82. The van der Waals surface area contributed by atoms with Crippen LogP contribution in [0.2, 0.25) is 0 Å². The third-order valence-electron chi connectivity index (χ3n) is 4.04. The molecule has 1 aromatic rings. The quantitative estimate of drug-likeness (QED) is 0.595. The normalized spacial score (nSPS) is 18.2. The first-order chi connectivity index (χ1) is 10.8. The molecule has 0 unspecified atom stereocenters. The summed E-state index contributed by atoms with van der Waals surface area (Å²) in [5, 5.41) is 6.75. The van der Waals surface area contributed by atoms with Gasteiger partial charge in [0.25, 0.3) is 0 Å². The molecule has 0 aliphatic carbocycles. The van der Waals surface area contributed by atoms with E-state index in [1.165, 1.54) is 0 Å². The van der Waals surface area contributed by atoms with Crippen molar-refractivity contribution in [3.8, 4) is 0 Å². The second-order valence-electron chi connectivity index (χ2n) is 5.54. The van der Waals surface area contributed by atoms with E-state index in [0.29, 0.717) is 0 Å². The Labute approximate surface area is 137 Å². The molecule has 0 radical (unpaired) electrons. The summed E-state index contributed by atoms with van der Waals surface area (Å²) in [7, 11) is 0. The van der Waals surface area contributed by atoms with Crippen LogP contribution in [0.3, 0.4) is 0 Å². The van der Waals surface area contributed by atoms with Gasteiger partial charge in [-0.2, -0.15) is 11.8 Å². The fourth-order valence-corrected chi connectivity index (χ4v) is 3.33. The summed E-state index contributed by atoms with van der Waals surface area (Å²) in [5.74, 6) is 0.912. The van der Waals surface area contributed by atoms with Gasteiger partial charge in [-0.15, -0.1) is 0 Å². The average Bonchev–Trinajstić information content (AvgIpc) is 3.07. The number of thioether (sulfide) groups is 1. The molecule has 1 fully saturated rings. The van der Waals surface area contributed by atoms with Gasteiger partial charge in [-0.3, -0.25) is 4.99 Å². The first-order valence-electron chi connectivity index (χ1n) is 8.04. The molecule has 22 heavy (non-hydrogen) atoms. The van der Waals surface area contributed by atoms with Crippen LogP contribution in [0.5, 0.6) is 0 Å². The van der Waals surface area contributed by atoms with E-state index in [0.717, 1.165) is 58.2 Å². The van der Waals surface area contributed by atoms with Crippen LogP contribution in [0, 0.1) is 0 Å². The van der Waals surface area contributed by atoms with Crippen LogP contribution in [0.25, 0.3) is 0 Å². The fourth-order valence-electron chi connectivity index (χ4n) is 2.56. The van der Waals surface area contributed by atoms with Crippen molar-refractivity contribution < 1.29 is 4.74 Å². The van der Waals surface area contributed by atoms with Gasteiger partial charge in [-0.05, 0) is 38.2 Å². The number of nitrogens with one attached hydrogen (secondary N) is 2. The molecule has 0 bridgehead atoms. The van der Waals surface area contributed by atoms with Crippen molar-refractivity contribution in [2.24, 2.45) is 4.99 Å². The molecule has 1 saturated heterocycles. The lowest BCUT2D eigenvalue weighted by atomic mass is 9.99. The summed E-state index contributed by atoms with van der Waals surface area (Å²) in [6, 6.07) is 4.10. The number of nitrogens with zero attached hydrogens (tertiary/aromatic N) is 2. The molecule has 1 aliphatic rings. The van der Waals surface area contributed by atoms with E-state index in [1.54, 1.807) is 0 Å². The Bertz CT molecular complexity index is 441. The fraction of sp³-hybridized carbons (Fsp3) is 0.688. The number of hydrogen-bond acceptors (Lipinski definition) is 3. The maximum absolute atomic E-state index is 5.49. The average molecular weight is 324 g/mol. The minimum Gasteiger partial charge on any atom is -0.381 e. The minimum absolute atomic E-state index is 0.237. The largest absolute Gasteiger partial charge is 0.381 e. The number of hydrogen-bond donors (Lipinski definition) is 2. The number of aliphatic imine (C=N–C) groups is 1. The number of rotatable bonds is 7. The molecule has 124 valence electrons. The van der Waals surface area contributed by atoms with Gasteiger partial charge in [0.15, 0.2) is 5.96 Å². The zero-order valence-electron chi connectivity index (χ0n) is 13.7. The highest BCUT2D eigenvalue weighted by Gasteiger charge is 2.31. The highest BCUT2D eigenvalue weighted by molar-refractivity contribution is 8.00. The molecule has 0 saturated carbocycles. The van der Waals surface area contributed by atoms with Crippen molar-refractivity contribution in [1.29, 1.82) is 0 Å². The van der Waals surface area contributed by atoms with E-state index in [2.05, 4.69) is 40.8 Å². The van der Waals surface area contributed by atoms with Gasteiger partial charge in [-0.1, -0.05) is 0 Å². The van der Waals surface area contributed by atoms with E-state index < -0.39 is 0 Å². The molecule has 0 amide bonds. The zero-order chi connectivity index (χ0) is 15.7. The van der Waals surface area contributed by atoms with Crippen LogP contribution < -0.4 is 10.6 Å². The molecule has 1 aliphatic heterocycles. The smallest absolute Gasteiger partial charge is 0.191 e. The minimum atomic E-state index is 0.237. The number of aromatic nitrogens is 1. The van der Waals surface area contributed by atoms with Gasteiger partial charge in [0.1, 0.15) is 0 Å². The standard InChI is InChI=1S/C16H28N4OS/c1-3-17-15(18-8-11-20-9-4-5-10-20)19-14-16(22-2)6-12-21-13-7-16/h4-5,9-10H,3,6-8,11-14H2,1-2H3,(H2,17,18,19). The molecular formula is C16H28N4OS. The van der Waals surface area contributed by atoms with Crippen LogP contribution >= 0.6 is 11.8 Å². The topological polar surface area (TPSA) is 50.6 Å². The molecule has 2 rings (SSSR count). The molecular weight excluding hydrogens is 296 g/mol. The molecule has 2 N–H and O–H groups in total. The third-order valence-corrected chi connectivity index (χ3v) is 5.44. The predicted molar refractivity (Wildman–Crippen MR) is 94.7 cm³/mol. The van der Waals surface area contributed by atoms with Crippen LogP contribution in [-0.4, -0.2) is 54.4 Å². The highest BCUT2D eigenvalue weighted by Crippen LogP contribution is 2.33. The van der Waals surface area contributed by atoms with Crippen LogP contribution in [0.4, 0.5) is 0 Å². The number of guanidine groups is 1. The third kappa shape index (κ3) is 5.25. The Morgan fingerprint density at radius 2 is 2.00 bits per heavy atom. The molecule has 0 spiro atoms. The van der Waals surface area contributed by atoms with Crippen molar-refractivity contribution in [1.82, 2.24) is 15.2 Å². The van der Waals surface area contributed by atoms with Crippen molar-refractivity contribution >= 4 is 17.7 Å². The van der Waals surface area contributed by atoms with Crippen LogP contribution in [0.15, 0.2) is 29.5 Å². The molecule has 1 aromatic heterocycles. The van der Waals surface area contributed by atoms with Crippen molar-refractivity contribution in [3.05, 3.63) is 24.5 Å².